The summed E-state index contributed by atoms with van der Waals surface area (Å²) >= 11 is 0. The standard InChI is InChI=1S/C14H16N2O4/c17-16(18)11-6-13-12(19-7-20-13)5-10(11)15-14(8-1-2-8)9-3-4-9/h5-6,8-9,14-15H,1-4,7H2. The highest BCUT2D eigenvalue weighted by molar-refractivity contribution is 5.69. The topological polar surface area (TPSA) is 73.6 Å². The van der Waals surface area contributed by atoms with Gasteiger partial charge < -0.3 is 14.8 Å². The van der Waals surface area contributed by atoms with E-state index in [0.29, 0.717) is 35.1 Å². The molecule has 1 aliphatic heterocycles. The fraction of sp³-hybridized carbons (Fsp3) is 0.571. The van der Waals surface area contributed by atoms with Crippen molar-refractivity contribution in [2.75, 3.05) is 12.1 Å². The molecule has 0 atom stereocenters. The molecule has 0 amide bonds. The molecule has 0 aromatic heterocycles. The molecule has 6 heteroatoms. The first-order valence-electron chi connectivity index (χ1n) is 7.07. The van der Waals surface area contributed by atoms with E-state index in [0.717, 1.165) is 0 Å². The number of nitrogens with one attached hydrogen (secondary N) is 1. The van der Waals surface area contributed by atoms with E-state index in [1.54, 1.807) is 6.07 Å². The minimum absolute atomic E-state index is 0.0700. The van der Waals surface area contributed by atoms with E-state index in [2.05, 4.69) is 5.32 Å². The molecule has 0 saturated heterocycles. The Balaban J connectivity index is 1.66. The highest BCUT2D eigenvalue weighted by Gasteiger charge is 2.42. The number of hydrogen-bond acceptors (Lipinski definition) is 5. The molecule has 6 nitrogen and oxygen atoms in total. The minimum Gasteiger partial charge on any atom is -0.454 e. The van der Waals surface area contributed by atoms with Gasteiger partial charge in [-0.3, -0.25) is 10.1 Å². The molecule has 1 aromatic carbocycles. The number of nitro groups is 1. The summed E-state index contributed by atoms with van der Waals surface area (Å²) in [6.45, 7) is 0.130. The second-order valence-electron chi connectivity index (χ2n) is 5.82. The van der Waals surface area contributed by atoms with Gasteiger partial charge in [0.05, 0.1) is 11.0 Å². The van der Waals surface area contributed by atoms with Gasteiger partial charge in [0.2, 0.25) is 6.79 Å². The zero-order valence-corrected chi connectivity index (χ0v) is 11.0. The lowest BCUT2D eigenvalue weighted by Crippen LogP contribution is -2.24. The van der Waals surface area contributed by atoms with Crippen molar-refractivity contribution in [1.82, 2.24) is 0 Å². The van der Waals surface area contributed by atoms with E-state index in [-0.39, 0.29) is 17.4 Å². The highest BCUT2D eigenvalue weighted by Crippen LogP contribution is 2.48. The lowest BCUT2D eigenvalue weighted by atomic mass is 10.1. The van der Waals surface area contributed by atoms with Gasteiger partial charge in [-0.05, 0) is 37.5 Å². The lowest BCUT2D eigenvalue weighted by molar-refractivity contribution is -0.384. The Bertz CT molecular complexity index is 555. The Hall–Kier alpha value is -1.98. The van der Waals surface area contributed by atoms with Crippen molar-refractivity contribution in [3.8, 4) is 11.5 Å². The summed E-state index contributed by atoms with van der Waals surface area (Å²) in [5, 5.41) is 14.6. The molecule has 0 unspecified atom stereocenters. The number of fused-ring (bicyclic) bond motifs is 1. The molecule has 1 aromatic rings. The number of ether oxygens (including phenoxy) is 2. The maximum absolute atomic E-state index is 11.2. The van der Waals surface area contributed by atoms with Gasteiger partial charge in [-0.1, -0.05) is 0 Å². The van der Waals surface area contributed by atoms with Crippen LogP contribution in [0.25, 0.3) is 0 Å². The summed E-state index contributed by atoms with van der Waals surface area (Å²) in [6, 6.07) is 3.54. The zero-order chi connectivity index (χ0) is 13.7. The number of rotatable bonds is 5. The zero-order valence-electron chi connectivity index (χ0n) is 11.0. The fourth-order valence-corrected chi connectivity index (χ4v) is 2.91. The number of nitro benzene ring substituents is 1. The molecule has 20 heavy (non-hydrogen) atoms. The first kappa shape index (κ1) is 11.8. The molecular weight excluding hydrogens is 260 g/mol. The maximum atomic E-state index is 11.2. The third kappa shape index (κ3) is 2.05. The van der Waals surface area contributed by atoms with Crippen molar-refractivity contribution in [3.63, 3.8) is 0 Å². The van der Waals surface area contributed by atoms with Crippen molar-refractivity contribution in [1.29, 1.82) is 0 Å². The van der Waals surface area contributed by atoms with E-state index in [9.17, 15) is 10.1 Å². The largest absolute Gasteiger partial charge is 0.454 e. The average Bonchev–Trinajstić information content (AvgIpc) is 3.33. The quantitative estimate of drug-likeness (QED) is 0.661. The number of benzene rings is 1. The number of nitrogens with zero attached hydrogens (tertiary/aromatic N) is 1. The summed E-state index contributed by atoms with van der Waals surface area (Å²) < 4.78 is 10.5. The van der Waals surface area contributed by atoms with E-state index >= 15 is 0 Å². The van der Waals surface area contributed by atoms with Crippen LogP contribution in [0.2, 0.25) is 0 Å². The third-order valence-corrected chi connectivity index (χ3v) is 4.27. The van der Waals surface area contributed by atoms with Crippen molar-refractivity contribution < 1.29 is 14.4 Å². The van der Waals surface area contributed by atoms with Crippen LogP contribution in [0, 0.1) is 22.0 Å². The smallest absolute Gasteiger partial charge is 0.296 e. The Morgan fingerprint density at radius 2 is 1.75 bits per heavy atom. The summed E-state index contributed by atoms with van der Waals surface area (Å²) in [5.41, 5.74) is 0.628. The maximum Gasteiger partial charge on any atom is 0.296 e. The van der Waals surface area contributed by atoms with Crippen LogP contribution in [0.15, 0.2) is 12.1 Å². The SMILES string of the molecule is O=[N+]([O-])c1cc2c(cc1NC(C1CC1)C1CC1)OCO2. The van der Waals surface area contributed by atoms with Crippen LogP contribution < -0.4 is 14.8 Å². The Morgan fingerprint density at radius 1 is 1.15 bits per heavy atom. The number of anilines is 1. The monoisotopic (exact) mass is 276 g/mol. The Morgan fingerprint density at radius 3 is 2.30 bits per heavy atom. The Kier molecular flexibility index (Phi) is 2.52. The van der Waals surface area contributed by atoms with E-state index < -0.39 is 0 Å². The van der Waals surface area contributed by atoms with Gasteiger partial charge in [0.1, 0.15) is 5.69 Å². The van der Waals surface area contributed by atoms with Gasteiger partial charge in [-0.25, -0.2) is 0 Å². The van der Waals surface area contributed by atoms with Crippen LogP contribution in [0.4, 0.5) is 11.4 Å². The molecule has 0 radical (unpaired) electrons. The van der Waals surface area contributed by atoms with E-state index in [4.69, 9.17) is 9.47 Å². The van der Waals surface area contributed by atoms with Gasteiger partial charge in [0, 0.05) is 12.1 Å². The van der Waals surface area contributed by atoms with Gasteiger partial charge in [-0.15, -0.1) is 0 Å². The van der Waals surface area contributed by atoms with Crippen molar-refractivity contribution in [2.45, 2.75) is 31.7 Å². The first-order chi connectivity index (χ1) is 9.72. The minimum atomic E-state index is -0.360. The second-order valence-corrected chi connectivity index (χ2v) is 5.82. The van der Waals surface area contributed by atoms with Gasteiger partial charge >= 0.3 is 0 Å². The lowest BCUT2D eigenvalue weighted by Gasteiger charge is -2.19. The predicted molar refractivity (Wildman–Crippen MR) is 72.1 cm³/mol. The Labute approximate surface area is 116 Å². The summed E-state index contributed by atoms with van der Waals surface area (Å²) in [6.07, 6.45) is 4.91. The first-order valence-corrected chi connectivity index (χ1v) is 7.07. The van der Waals surface area contributed by atoms with Crippen LogP contribution >= 0.6 is 0 Å². The highest BCUT2D eigenvalue weighted by atomic mass is 16.7. The summed E-state index contributed by atoms with van der Waals surface area (Å²) in [4.78, 5) is 10.9. The second kappa shape index (κ2) is 4.26. The molecule has 1 heterocycles. The van der Waals surface area contributed by atoms with Crippen LogP contribution in [-0.4, -0.2) is 17.8 Å². The summed E-state index contributed by atoms with van der Waals surface area (Å²) in [7, 11) is 0. The van der Waals surface area contributed by atoms with Crippen molar-refractivity contribution in [3.05, 3.63) is 22.2 Å². The molecule has 4 rings (SSSR count). The van der Waals surface area contributed by atoms with E-state index in [1.807, 2.05) is 0 Å². The predicted octanol–water partition coefficient (Wildman–Crippen LogP) is 2.92. The average molecular weight is 276 g/mol. The van der Waals surface area contributed by atoms with Crippen LogP contribution in [0.3, 0.4) is 0 Å². The molecule has 106 valence electrons. The normalized spacial score (nSPS) is 20.2. The van der Waals surface area contributed by atoms with Crippen molar-refractivity contribution in [2.24, 2.45) is 11.8 Å². The van der Waals surface area contributed by atoms with Crippen LogP contribution in [0.1, 0.15) is 25.7 Å². The fourth-order valence-electron chi connectivity index (χ4n) is 2.91. The molecule has 2 aliphatic carbocycles. The number of hydrogen-bond donors (Lipinski definition) is 1. The van der Waals surface area contributed by atoms with Crippen molar-refractivity contribution >= 4 is 11.4 Å². The van der Waals surface area contributed by atoms with Gasteiger partial charge in [-0.2, -0.15) is 0 Å². The summed E-state index contributed by atoms with van der Waals surface area (Å²) in [5.74, 6) is 2.39. The molecule has 2 saturated carbocycles. The van der Waals surface area contributed by atoms with E-state index in [1.165, 1.54) is 31.7 Å². The van der Waals surface area contributed by atoms with Crippen LogP contribution in [-0.2, 0) is 0 Å². The molecule has 1 N–H and O–H groups in total. The molecule has 0 bridgehead atoms. The molecular formula is C14H16N2O4. The molecule has 3 aliphatic rings. The molecule has 2 fully saturated rings. The van der Waals surface area contributed by atoms with Gasteiger partial charge in [0.15, 0.2) is 11.5 Å². The van der Waals surface area contributed by atoms with Gasteiger partial charge in [0.25, 0.3) is 5.69 Å². The molecule has 0 spiro atoms. The van der Waals surface area contributed by atoms with Crippen LogP contribution in [0.5, 0.6) is 11.5 Å². The third-order valence-electron chi connectivity index (χ3n) is 4.27.